The Morgan fingerprint density at radius 1 is 1.62 bits per heavy atom. The van der Waals surface area contributed by atoms with Crippen LogP contribution < -0.4 is 0 Å². The Morgan fingerprint density at radius 3 is 2.38 bits per heavy atom. The van der Waals surface area contributed by atoms with E-state index in [9.17, 15) is 0 Å². The van der Waals surface area contributed by atoms with E-state index in [0.717, 1.165) is 6.42 Å². The highest BCUT2D eigenvalue weighted by Gasteiger charge is 2.41. The van der Waals surface area contributed by atoms with Crippen molar-refractivity contribution in [3.8, 4) is 0 Å². The van der Waals surface area contributed by atoms with E-state index in [4.69, 9.17) is 4.74 Å². The maximum Gasteiger partial charge on any atom is 0.106 e. The molecule has 0 N–H and O–H groups in total. The second-order valence-corrected chi connectivity index (χ2v) is 5.08. The first-order chi connectivity index (χ1) is 3.75. The maximum atomic E-state index is 5.23. The molecule has 8 heavy (non-hydrogen) atoms. The molecule has 2 atom stereocenters. The Balaban J connectivity index is 2.16. The molecule has 0 spiro atoms. The quantitative estimate of drug-likeness (QED) is 0.536. The Hall–Kier alpha value is 0.920. The van der Waals surface area contributed by atoms with Crippen molar-refractivity contribution in [3.63, 3.8) is 0 Å². The van der Waals surface area contributed by atoms with Crippen LogP contribution in [0.25, 0.3) is 0 Å². The van der Waals surface area contributed by atoms with Gasteiger partial charge in [0.25, 0.3) is 0 Å². The third-order valence-corrected chi connectivity index (χ3v) is 2.31. The van der Waals surface area contributed by atoms with Crippen molar-refractivity contribution in [2.24, 2.45) is 0 Å². The average molecular weight is 244 g/mol. The van der Waals surface area contributed by atoms with Crippen molar-refractivity contribution in [1.29, 1.82) is 0 Å². The van der Waals surface area contributed by atoms with Gasteiger partial charge in [-0.25, -0.2) is 0 Å². The van der Waals surface area contributed by atoms with Crippen LogP contribution in [0.3, 0.4) is 0 Å². The van der Waals surface area contributed by atoms with Gasteiger partial charge in [0.05, 0.1) is 9.84 Å². The molecule has 2 unspecified atom stereocenters. The zero-order valence-corrected chi connectivity index (χ0v) is 7.78. The minimum absolute atomic E-state index is 0.347. The molecule has 1 aliphatic heterocycles. The molecule has 1 aliphatic rings. The Kier molecular flexibility index (Phi) is 2.35. The van der Waals surface area contributed by atoms with Gasteiger partial charge in [0.1, 0.15) is 6.10 Å². The number of rotatable bonds is 2. The highest BCUT2D eigenvalue weighted by atomic mass is 79.9. The van der Waals surface area contributed by atoms with Crippen LogP contribution in [0.4, 0.5) is 0 Å². The lowest BCUT2D eigenvalue weighted by atomic mass is 10.3. The predicted octanol–water partition coefficient (Wildman–Crippen LogP) is 2.28. The van der Waals surface area contributed by atoms with Crippen LogP contribution in [0.5, 0.6) is 0 Å². The predicted molar refractivity (Wildman–Crippen MR) is 40.6 cm³/mol. The molecule has 0 radical (unpaired) electrons. The molecule has 3 heteroatoms. The molecule has 1 fully saturated rings. The Morgan fingerprint density at radius 2 is 2.25 bits per heavy atom. The SMILES string of the molecule is CCC1OC1C(Br)Br. The lowest BCUT2D eigenvalue weighted by Gasteiger charge is -1.89. The van der Waals surface area contributed by atoms with Crippen LogP contribution in [0.15, 0.2) is 0 Å². The van der Waals surface area contributed by atoms with Crippen LogP contribution in [-0.2, 0) is 4.74 Å². The number of ether oxygens (including phenoxy) is 1. The molecule has 48 valence electrons. The Bertz CT molecular complexity index is 84.5. The monoisotopic (exact) mass is 242 g/mol. The fourth-order valence-corrected chi connectivity index (χ4v) is 1.64. The molecule has 0 aromatic heterocycles. The summed E-state index contributed by atoms with van der Waals surface area (Å²) in [5.41, 5.74) is 0. The van der Waals surface area contributed by atoms with Crippen LogP contribution in [0.2, 0.25) is 0 Å². The van der Waals surface area contributed by atoms with E-state index in [1.54, 1.807) is 0 Å². The molecule has 0 aliphatic carbocycles. The third-order valence-electron chi connectivity index (χ3n) is 1.27. The summed E-state index contributed by atoms with van der Waals surface area (Å²) >= 11 is 6.75. The summed E-state index contributed by atoms with van der Waals surface area (Å²) in [6, 6.07) is 0. The van der Waals surface area contributed by atoms with E-state index in [1.165, 1.54) is 0 Å². The molecule has 1 nitrogen and oxygen atoms in total. The van der Waals surface area contributed by atoms with Gasteiger partial charge in [-0.05, 0) is 6.42 Å². The van der Waals surface area contributed by atoms with Gasteiger partial charge in [-0.2, -0.15) is 0 Å². The van der Waals surface area contributed by atoms with E-state index in [2.05, 4.69) is 38.8 Å². The van der Waals surface area contributed by atoms with Crippen LogP contribution in [0.1, 0.15) is 13.3 Å². The van der Waals surface area contributed by atoms with Crippen LogP contribution >= 0.6 is 31.9 Å². The van der Waals surface area contributed by atoms with E-state index < -0.39 is 0 Å². The van der Waals surface area contributed by atoms with Crippen molar-refractivity contribution in [2.75, 3.05) is 0 Å². The number of halogens is 2. The third kappa shape index (κ3) is 1.45. The van der Waals surface area contributed by atoms with Gasteiger partial charge in [0.2, 0.25) is 0 Å². The van der Waals surface area contributed by atoms with Gasteiger partial charge in [0.15, 0.2) is 0 Å². The van der Waals surface area contributed by atoms with E-state index in [0.29, 0.717) is 15.9 Å². The van der Waals surface area contributed by atoms with Gasteiger partial charge < -0.3 is 4.74 Å². The summed E-state index contributed by atoms with van der Waals surface area (Å²) < 4.78 is 5.58. The van der Waals surface area contributed by atoms with Gasteiger partial charge in [-0.1, -0.05) is 38.8 Å². The summed E-state index contributed by atoms with van der Waals surface area (Å²) in [6.45, 7) is 2.13. The Labute approximate surface area is 66.0 Å². The lowest BCUT2D eigenvalue weighted by molar-refractivity contribution is 0.375. The second kappa shape index (κ2) is 2.67. The van der Waals surface area contributed by atoms with Crippen molar-refractivity contribution in [3.05, 3.63) is 0 Å². The van der Waals surface area contributed by atoms with Crippen LogP contribution in [-0.4, -0.2) is 15.9 Å². The minimum atomic E-state index is 0.347. The molecule has 1 saturated heterocycles. The van der Waals surface area contributed by atoms with Gasteiger partial charge in [-0.3, -0.25) is 0 Å². The highest BCUT2D eigenvalue weighted by molar-refractivity contribution is 9.24. The van der Waals surface area contributed by atoms with Crippen molar-refractivity contribution in [2.45, 2.75) is 29.3 Å². The summed E-state index contributed by atoms with van der Waals surface area (Å²) in [6.07, 6.45) is 2.04. The fraction of sp³-hybridized carbons (Fsp3) is 1.00. The van der Waals surface area contributed by atoms with Gasteiger partial charge in [0, 0.05) is 0 Å². The topological polar surface area (TPSA) is 12.5 Å². The van der Waals surface area contributed by atoms with Gasteiger partial charge in [-0.15, -0.1) is 0 Å². The molecule has 0 bridgehead atoms. The summed E-state index contributed by atoms with van der Waals surface area (Å²) in [7, 11) is 0. The lowest BCUT2D eigenvalue weighted by Crippen LogP contribution is -1.99. The van der Waals surface area contributed by atoms with Crippen molar-refractivity contribution < 1.29 is 4.74 Å². The molecule has 0 aromatic carbocycles. The molecule has 1 heterocycles. The normalized spacial score (nSPS) is 36.0. The summed E-state index contributed by atoms with van der Waals surface area (Å²) in [4.78, 5) is 0. The number of alkyl halides is 2. The standard InChI is InChI=1S/C5H8Br2O/c1-2-3-4(8-3)5(6)7/h3-5H,2H2,1H3. The molecular weight excluding hydrogens is 236 g/mol. The van der Waals surface area contributed by atoms with Crippen molar-refractivity contribution in [1.82, 2.24) is 0 Å². The zero-order chi connectivity index (χ0) is 6.15. The molecule has 0 amide bonds. The first kappa shape index (κ1) is 7.03. The number of epoxide rings is 1. The van der Waals surface area contributed by atoms with E-state index in [1.807, 2.05) is 0 Å². The molecule has 0 aromatic rings. The summed E-state index contributed by atoms with van der Waals surface area (Å²) in [5.74, 6) is 0. The highest BCUT2D eigenvalue weighted by Crippen LogP contribution is 2.34. The first-order valence-electron chi connectivity index (χ1n) is 2.69. The smallest absolute Gasteiger partial charge is 0.106 e. The molecule has 0 saturated carbocycles. The first-order valence-corrected chi connectivity index (χ1v) is 4.52. The second-order valence-electron chi connectivity index (χ2n) is 1.88. The molecular formula is C5H8Br2O. The number of hydrogen-bond acceptors (Lipinski definition) is 1. The fourth-order valence-electron chi connectivity index (χ4n) is 0.707. The summed E-state index contributed by atoms with van der Waals surface area (Å²) in [5, 5.41) is 0. The molecule has 1 rings (SSSR count). The van der Waals surface area contributed by atoms with Crippen molar-refractivity contribution >= 4 is 31.9 Å². The van der Waals surface area contributed by atoms with E-state index in [-0.39, 0.29) is 0 Å². The largest absolute Gasteiger partial charge is 0.367 e. The minimum Gasteiger partial charge on any atom is -0.367 e. The zero-order valence-electron chi connectivity index (χ0n) is 4.60. The maximum absolute atomic E-state index is 5.23. The van der Waals surface area contributed by atoms with Crippen LogP contribution in [0, 0.1) is 0 Å². The van der Waals surface area contributed by atoms with E-state index >= 15 is 0 Å². The van der Waals surface area contributed by atoms with Gasteiger partial charge >= 0.3 is 0 Å². The number of hydrogen-bond donors (Lipinski definition) is 0. The average Bonchev–Trinajstić information content (AvgIpc) is 2.42.